The lowest BCUT2D eigenvalue weighted by molar-refractivity contribution is -0.143. The maximum Gasteiger partial charge on any atom is 0.335 e. The highest BCUT2D eigenvalue weighted by atomic mass is 35.5. The van der Waals surface area contributed by atoms with Gasteiger partial charge in [-0.15, -0.1) is 24.8 Å². The molecular formula is C20H32Cl2N4O5. The number of nitrogens with zero attached hydrogens (tertiary/aromatic N) is 2. The Morgan fingerprint density at radius 3 is 2.42 bits per heavy atom. The second-order valence-corrected chi connectivity index (χ2v) is 7.16. The van der Waals surface area contributed by atoms with Gasteiger partial charge >= 0.3 is 18.0 Å². The van der Waals surface area contributed by atoms with E-state index in [4.69, 9.17) is 5.73 Å². The Kier molecular flexibility index (Phi) is 13.9. The molecule has 5 N–H and O–H groups in total. The molecule has 31 heavy (non-hydrogen) atoms. The number of nitrogens with one attached hydrogen (secondary N) is 1. The number of rotatable bonds is 11. The molecule has 1 aliphatic rings. The number of benzene rings is 1. The van der Waals surface area contributed by atoms with E-state index in [0.717, 1.165) is 5.56 Å². The summed E-state index contributed by atoms with van der Waals surface area (Å²) in [5.74, 6) is -2.11. The molecule has 2 amide bonds. The van der Waals surface area contributed by atoms with Gasteiger partial charge in [-0.05, 0) is 50.6 Å². The molecule has 1 heterocycles. The van der Waals surface area contributed by atoms with E-state index < -0.39 is 30.1 Å². The van der Waals surface area contributed by atoms with Crippen molar-refractivity contribution < 1.29 is 24.6 Å². The lowest BCUT2D eigenvalue weighted by atomic mass is 10.1. The third kappa shape index (κ3) is 8.90. The van der Waals surface area contributed by atoms with Crippen LogP contribution in [-0.4, -0.2) is 69.8 Å². The Morgan fingerprint density at radius 1 is 1.16 bits per heavy atom. The van der Waals surface area contributed by atoms with Gasteiger partial charge in [0.15, 0.2) is 0 Å². The van der Waals surface area contributed by atoms with Gasteiger partial charge in [0.2, 0.25) is 0 Å². The average molecular weight is 479 g/mol. The molecule has 1 fully saturated rings. The molecule has 176 valence electrons. The number of amides is 2. The van der Waals surface area contributed by atoms with Crippen molar-refractivity contribution in [3.63, 3.8) is 0 Å². The Bertz CT molecular complexity index is 695. The highest BCUT2D eigenvalue weighted by Crippen LogP contribution is 2.19. The summed E-state index contributed by atoms with van der Waals surface area (Å²) in [4.78, 5) is 37.5. The van der Waals surface area contributed by atoms with Gasteiger partial charge in [-0.2, -0.15) is 0 Å². The van der Waals surface area contributed by atoms with Crippen LogP contribution in [0.25, 0.3) is 0 Å². The molecule has 1 aromatic carbocycles. The van der Waals surface area contributed by atoms with E-state index in [1.165, 1.54) is 9.91 Å². The van der Waals surface area contributed by atoms with Crippen molar-refractivity contribution in [2.24, 2.45) is 5.73 Å². The third-order valence-electron chi connectivity index (χ3n) is 5.02. The highest BCUT2D eigenvalue weighted by molar-refractivity contribution is 5.85. The zero-order valence-electron chi connectivity index (χ0n) is 17.3. The standard InChI is InChI=1S/C20H30N4O5.2ClH/c21-12-4-5-14-24(20(29)23-13-6-9-17(23)19(27)28)22-16(18(25)26)11-10-15-7-2-1-3-8-15;;/h1-3,7-8,16-17,22H,4-6,9-14,21H2,(H,25,26)(H,27,28);2*1H/t16?,17-;;/m0../s1. The van der Waals surface area contributed by atoms with Gasteiger partial charge in [0.05, 0.1) is 0 Å². The first-order valence-corrected chi connectivity index (χ1v) is 9.98. The van der Waals surface area contributed by atoms with Crippen molar-refractivity contribution in [1.29, 1.82) is 0 Å². The first kappa shape index (κ1) is 28.9. The Hall–Kier alpha value is -2.07. The van der Waals surface area contributed by atoms with Crippen LogP contribution >= 0.6 is 24.8 Å². The minimum absolute atomic E-state index is 0. The molecular weight excluding hydrogens is 447 g/mol. The minimum atomic E-state index is -1.06. The fourth-order valence-electron chi connectivity index (χ4n) is 3.42. The van der Waals surface area contributed by atoms with E-state index in [1.54, 1.807) is 0 Å². The summed E-state index contributed by atoms with van der Waals surface area (Å²) in [7, 11) is 0. The number of carboxylic acid groups (broad SMARTS) is 2. The van der Waals surface area contributed by atoms with Gasteiger partial charge in [-0.3, -0.25) is 9.80 Å². The number of halogens is 2. The van der Waals surface area contributed by atoms with Crippen LogP contribution in [0.5, 0.6) is 0 Å². The molecule has 0 aliphatic carbocycles. The molecule has 1 aromatic rings. The molecule has 1 saturated heterocycles. The van der Waals surface area contributed by atoms with E-state index in [-0.39, 0.29) is 31.4 Å². The molecule has 9 nitrogen and oxygen atoms in total. The predicted octanol–water partition coefficient (Wildman–Crippen LogP) is 2.13. The Balaban J connectivity index is 0.00000450. The highest BCUT2D eigenvalue weighted by Gasteiger charge is 2.37. The lowest BCUT2D eigenvalue weighted by Crippen LogP contribution is -2.57. The van der Waals surface area contributed by atoms with Crippen LogP contribution < -0.4 is 11.2 Å². The number of hydrogen-bond acceptors (Lipinski definition) is 5. The molecule has 1 aliphatic heterocycles. The van der Waals surface area contributed by atoms with Gasteiger partial charge in [0.25, 0.3) is 0 Å². The third-order valence-corrected chi connectivity index (χ3v) is 5.02. The Labute approximate surface area is 194 Å². The minimum Gasteiger partial charge on any atom is -0.480 e. The second kappa shape index (κ2) is 14.9. The molecule has 0 spiro atoms. The van der Waals surface area contributed by atoms with Gasteiger partial charge in [0.1, 0.15) is 12.1 Å². The van der Waals surface area contributed by atoms with E-state index >= 15 is 0 Å². The molecule has 2 atom stereocenters. The normalized spacial score (nSPS) is 16.0. The maximum absolute atomic E-state index is 13.0. The van der Waals surface area contributed by atoms with E-state index in [0.29, 0.717) is 51.6 Å². The van der Waals surface area contributed by atoms with Crippen LogP contribution in [-0.2, 0) is 16.0 Å². The number of carbonyl (C=O) groups excluding carboxylic acids is 1. The van der Waals surface area contributed by atoms with Gasteiger partial charge in [0, 0.05) is 13.1 Å². The number of nitrogens with two attached hydrogens (primary N) is 1. The van der Waals surface area contributed by atoms with Crippen molar-refractivity contribution in [3.8, 4) is 0 Å². The number of unbranched alkanes of at least 4 members (excludes halogenated alkanes) is 1. The summed E-state index contributed by atoms with van der Waals surface area (Å²) >= 11 is 0. The lowest BCUT2D eigenvalue weighted by Gasteiger charge is -2.32. The van der Waals surface area contributed by atoms with Gasteiger partial charge in [-0.25, -0.2) is 15.0 Å². The second-order valence-electron chi connectivity index (χ2n) is 7.16. The first-order valence-electron chi connectivity index (χ1n) is 9.98. The van der Waals surface area contributed by atoms with Crippen LogP contribution in [0.15, 0.2) is 30.3 Å². The number of carboxylic acids is 2. The van der Waals surface area contributed by atoms with Crippen molar-refractivity contribution in [3.05, 3.63) is 35.9 Å². The SMILES string of the molecule is Cl.Cl.NCCCCN(NC(CCc1ccccc1)C(=O)O)C(=O)N1CCC[C@H]1C(=O)O. The Morgan fingerprint density at radius 2 is 1.84 bits per heavy atom. The molecule has 0 aromatic heterocycles. The topological polar surface area (TPSA) is 136 Å². The number of aliphatic carboxylic acids is 2. The quantitative estimate of drug-likeness (QED) is 0.282. The number of aryl methyl sites for hydroxylation is 1. The van der Waals surface area contributed by atoms with Gasteiger partial charge in [-0.1, -0.05) is 30.3 Å². The van der Waals surface area contributed by atoms with Crippen molar-refractivity contribution >= 4 is 42.8 Å². The van der Waals surface area contributed by atoms with Crippen LogP contribution in [0.3, 0.4) is 0 Å². The number of urea groups is 1. The summed E-state index contributed by atoms with van der Waals surface area (Å²) in [6.07, 6.45) is 3.10. The molecule has 11 heteroatoms. The molecule has 0 radical (unpaired) electrons. The molecule has 0 saturated carbocycles. The van der Waals surface area contributed by atoms with Crippen LogP contribution in [0.4, 0.5) is 4.79 Å². The van der Waals surface area contributed by atoms with E-state index in [2.05, 4.69) is 5.43 Å². The van der Waals surface area contributed by atoms with Crippen LogP contribution in [0.2, 0.25) is 0 Å². The number of hydrazine groups is 1. The summed E-state index contributed by atoms with van der Waals surface area (Å²) in [6.45, 7) is 1.06. The van der Waals surface area contributed by atoms with E-state index in [9.17, 15) is 24.6 Å². The predicted molar refractivity (Wildman–Crippen MR) is 122 cm³/mol. The molecule has 0 bridgehead atoms. The average Bonchev–Trinajstić information content (AvgIpc) is 3.20. The smallest absolute Gasteiger partial charge is 0.335 e. The molecule has 1 unspecified atom stereocenters. The van der Waals surface area contributed by atoms with Crippen molar-refractivity contribution in [2.45, 2.75) is 50.6 Å². The molecule has 2 rings (SSSR count). The van der Waals surface area contributed by atoms with Crippen LogP contribution in [0.1, 0.15) is 37.7 Å². The fraction of sp³-hybridized carbons (Fsp3) is 0.550. The zero-order valence-corrected chi connectivity index (χ0v) is 18.9. The number of carbonyl (C=O) groups is 3. The largest absolute Gasteiger partial charge is 0.480 e. The van der Waals surface area contributed by atoms with Crippen molar-refractivity contribution in [1.82, 2.24) is 15.3 Å². The summed E-state index contributed by atoms with van der Waals surface area (Å²) in [6, 6.07) is 7.16. The summed E-state index contributed by atoms with van der Waals surface area (Å²) in [5, 5.41) is 20.2. The first-order chi connectivity index (χ1) is 13.9. The summed E-state index contributed by atoms with van der Waals surface area (Å²) < 4.78 is 0. The van der Waals surface area contributed by atoms with Crippen molar-refractivity contribution in [2.75, 3.05) is 19.6 Å². The zero-order chi connectivity index (χ0) is 21.2. The summed E-state index contributed by atoms with van der Waals surface area (Å²) in [5.41, 5.74) is 9.36. The van der Waals surface area contributed by atoms with Gasteiger partial charge < -0.3 is 20.8 Å². The number of hydrogen-bond donors (Lipinski definition) is 4. The van der Waals surface area contributed by atoms with E-state index in [1.807, 2.05) is 30.3 Å². The monoisotopic (exact) mass is 478 g/mol. The maximum atomic E-state index is 13.0. The number of likely N-dealkylation sites (tertiary alicyclic amines) is 1. The van der Waals surface area contributed by atoms with Crippen LogP contribution in [0, 0.1) is 0 Å². The fourth-order valence-corrected chi connectivity index (χ4v) is 3.42.